The van der Waals surface area contributed by atoms with Gasteiger partial charge in [-0.25, -0.2) is 8.78 Å². The van der Waals surface area contributed by atoms with Crippen molar-refractivity contribution in [3.63, 3.8) is 0 Å². The van der Waals surface area contributed by atoms with Crippen molar-refractivity contribution < 1.29 is 8.78 Å². The number of benzene rings is 1. The summed E-state index contributed by atoms with van der Waals surface area (Å²) >= 11 is 1.50. The average molecular weight is 256 g/mol. The molecule has 1 aliphatic rings. The molecule has 92 valence electrons. The number of aryl methyl sites for hydroxylation is 1. The molecule has 5 heteroatoms. The highest BCUT2D eigenvalue weighted by molar-refractivity contribution is 8.14. The fourth-order valence-corrected chi connectivity index (χ4v) is 2.63. The zero-order chi connectivity index (χ0) is 12.4. The monoisotopic (exact) mass is 256 g/mol. The predicted octanol–water partition coefficient (Wildman–Crippen LogP) is 3.57. The topological polar surface area (TPSA) is 24.4 Å². The molecular weight excluding hydrogens is 242 g/mol. The van der Waals surface area contributed by atoms with Crippen molar-refractivity contribution in [1.29, 1.82) is 0 Å². The molecule has 2 rings (SSSR count). The molecular formula is C12H14F2N2S. The minimum Gasteiger partial charge on any atom is -0.330 e. The summed E-state index contributed by atoms with van der Waals surface area (Å²) < 4.78 is 27.2. The minimum absolute atomic E-state index is 0.104. The second-order valence-electron chi connectivity index (χ2n) is 3.99. The Kier molecular flexibility index (Phi) is 3.66. The van der Waals surface area contributed by atoms with Crippen molar-refractivity contribution in [3.05, 3.63) is 29.3 Å². The van der Waals surface area contributed by atoms with Crippen LogP contribution in [0.3, 0.4) is 0 Å². The molecule has 0 fully saturated rings. The lowest BCUT2D eigenvalue weighted by Crippen LogP contribution is -2.09. The van der Waals surface area contributed by atoms with E-state index < -0.39 is 11.6 Å². The van der Waals surface area contributed by atoms with Crippen LogP contribution in [0.5, 0.6) is 0 Å². The SMILES string of the molecule is CCC1CSC(Nc2c(F)ccc(C)c2F)=N1. The summed E-state index contributed by atoms with van der Waals surface area (Å²) in [6, 6.07) is 2.94. The zero-order valence-corrected chi connectivity index (χ0v) is 10.6. The van der Waals surface area contributed by atoms with Gasteiger partial charge in [-0.15, -0.1) is 0 Å². The van der Waals surface area contributed by atoms with Gasteiger partial charge in [0.05, 0.1) is 6.04 Å². The van der Waals surface area contributed by atoms with Crippen LogP contribution in [0, 0.1) is 18.6 Å². The first-order valence-electron chi connectivity index (χ1n) is 5.54. The number of anilines is 1. The molecule has 0 aromatic heterocycles. The highest BCUT2D eigenvalue weighted by Gasteiger charge is 2.19. The fourth-order valence-electron chi connectivity index (χ4n) is 1.57. The van der Waals surface area contributed by atoms with Crippen LogP contribution in [0.1, 0.15) is 18.9 Å². The van der Waals surface area contributed by atoms with Crippen molar-refractivity contribution in [1.82, 2.24) is 0 Å². The lowest BCUT2D eigenvalue weighted by Gasteiger charge is -2.09. The van der Waals surface area contributed by atoms with Gasteiger partial charge in [0.25, 0.3) is 0 Å². The first kappa shape index (κ1) is 12.4. The van der Waals surface area contributed by atoms with E-state index in [2.05, 4.69) is 10.3 Å². The summed E-state index contributed by atoms with van der Waals surface area (Å²) in [5.41, 5.74) is 0.317. The number of hydrogen-bond donors (Lipinski definition) is 1. The van der Waals surface area contributed by atoms with E-state index in [9.17, 15) is 8.78 Å². The van der Waals surface area contributed by atoms with Gasteiger partial charge >= 0.3 is 0 Å². The van der Waals surface area contributed by atoms with E-state index in [1.54, 1.807) is 6.92 Å². The molecule has 0 radical (unpaired) electrons. The number of thioether (sulfide) groups is 1. The minimum atomic E-state index is -0.587. The summed E-state index contributed by atoms with van der Waals surface area (Å²) in [5, 5.41) is 3.34. The molecule has 0 aliphatic carbocycles. The van der Waals surface area contributed by atoms with E-state index in [0.717, 1.165) is 12.2 Å². The van der Waals surface area contributed by atoms with Gasteiger partial charge < -0.3 is 5.32 Å². The molecule has 0 saturated carbocycles. The quantitative estimate of drug-likeness (QED) is 0.874. The van der Waals surface area contributed by atoms with E-state index in [1.807, 2.05) is 6.92 Å². The zero-order valence-electron chi connectivity index (χ0n) is 9.76. The van der Waals surface area contributed by atoms with Crippen LogP contribution in [-0.4, -0.2) is 17.0 Å². The third-order valence-corrected chi connectivity index (χ3v) is 3.73. The summed E-state index contributed by atoms with van der Waals surface area (Å²) in [7, 11) is 0. The van der Waals surface area contributed by atoms with Gasteiger partial charge in [-0.1, -0.05) is 24.8 Å². The van der Waals surface area contributed by atoms with Crippen LogP contribution in [0.4, 0.5) is 14.5 Å². The maximum Gasteiger partial charge on any atom is 0.161 e. The molecule has 17 heavy (non-hydrogen) atoms. The number of amidine groups is 1. The second-order valence-corrected chi connectivity index (χ2v) is 4.99. The predicted molar refractivity (Wildman–Crippen MR) is 68.7 cm³/mol. The Morgan fingerprint density at radius 1 is 1.47 bits per heavy atom. The van der Waals surface area contributed by atoms with Gasteiger partial charge in [-0.3, -0.25) is 4.99 Å². The second kappa shape index (κ2) is 5.04. The Bertz CT molecular complexity index is 460. The van der Waals surface area contributed by atoms with Gasteiger partial charge in [-0.2, -0.15) is 0 Å². The number of hydrogen-bond acceptors (Lipinski definition) is 3. The van der Waals surface area contributed by atoms with Crippen LogP contribution in [-0.2, 0) is 0 Å². The van der Waals surface area contributed by atoms with Gasteiger partial charge in [0.1, 0.15) is 11.5 Å². The molecule has 0 bridgehead atoms. The van der Waals surface area contributed by atoms with Gasteiger partial charge in [-0.05, 0) is 25.0 Å². The van der Waals surface area contributed by atoms with E-state index in [-0.39, 0.29) is 11.7 Å². The van der Waals surface area contributed by atoms with Crippen molar-refractivity contribution in [3.8, 4) is 0 Å². The molecule has 1 unspecified atom stereocenters. The van der Waals surface area contributed by atoms with Gasteiger partial charge in [0.2, 0.25) is 0 Å². The highest BCUT2D eigenvalue weighted by Crippen LogP contribution is 2.26. The summed E-state index contributed by atoms with van der Waals surface area (Å²) in [6.07, 6.45) is 0.941. The van der Waals surface area contributed by atoms with Crippen molar-refractivity contribution >= 4 is 22.6 Å². The molecule has 0 saturated heterocycles. The number of aliphatic imine (C=N–C) groups is 1. The van der Waals surface area contributed by atoms with Crippen LogP contribution in [0.25, 0.3) is 0 Å². The summed E-state index contributed by atoms with van der Waals surface area (Å²) in [6.45, 7) is 3.66. The molecule has 1 aromatic rings. The van der Waals surface area contributed by atoms with E-state index in [4.69, 9.17) is 0 Å². The maximum atomic E-state index is 13.7. The molecule has 1 heterocycles. The molecule has 0 amide bonds. The van der Waals surface area contributed by atoms with Crippen LogP contribution in [0.2, 0.25) is 0 Å². The van der Waals surface area contributed by atoms with Gasteiger partial charge in [0, 0.05) is 5.75 Å². The van der Waals surface area contributed by atoms with Gasteiger partial charge in [0.15, 0.2) is 11.0 Å². The van der Waals surface area contributed by atoms with Crippen molar-refractivity contribution in [2.75, 3.05) is 11.1 Å². The molecule has 1 atom stereocenters. The molecule has 1 aromatic carbocycles. The van der Waals surface area contributed by atoms with Crippen molar-refractivity contribution in [2.24, 2.45) is 4.99 Å². The first-order chi connectivity index (χ1) is 8.11. The smallest absolute Gasteiger partial charge is 0.161 e. The number of nitrogens with one attached hydrogen (secondary N) is 1. The fraction of sp³-hybridized carbons (Fsp3) is 0.417. The first-order valence-corrected chi connectivity index (χ1v) is 6.52. The Hall–Kier alpha value is -1.10. The molecule has 0 spiro atoms. The lowest BCUT2D eigenvalue weighted by molar-refractivity contribution is 0.585. The standard InChI is InChI=1S/C12H14F2N2S/c1-3-8-6-17-12(15-8)16-11-9(13)5-4-7(2)10(11)14/h4-5,8H,3,6H2,1-2H3,(H,15,16). The van der Waals surface area contributed by atoms with Crippen LogP contribution >= 0.6 is 11.8 Å². The third kappa shape index (κ3) is 2.60. The number of halogens is 2. The highest BCUT2D eigenvalue weighted by atomic mass is 32.2. The Balaban J connectivity index is 2.22. The molecule has 1 N–H and O–H groups in total. The maximum absolute atomic E-state index is 13.7. The van der Waals surface area contributed by atoms with E-state index >= 15 is 0 Å². The van der Waals surface area contributed by atoms with Crippen LogP contribution < -0.4 is 5.32 Å². The average Bonchev–Trinajstić information content (AvgIpc) is 2.77. The molecule has 1 aliphatic heterocycles. The summed E-state index contributed by atoms with van der Waals surface area (Å²) in [5.74, 6) is -0.266. The number of nitrogens with zero attached hydrogens (tertiary/aromatic N) is 1. The van der Waals surface area contributed by atoms with E-state index in [1.165, 1.54) is 23.9 Å². The molecule has 2 nitrogen and oxygen atoms in total. The lowest BCUT2D eigenvalue weighted by atomic mass is 10.2. The summed E-state index contributed by atoms with van der Waals surface area (Å²) in [4.78, 5) is 4.35. The number of rotatable bonds is 2. The third-order valence-electron chi connectivity index (χ3n) is 2.70. The Labute approximate surface area is 104 Å². The normalized spacial score (nSPS) is 19.3. The van der Waals surface area contributed by atoms with Crippen LogP contribution in [0.15, 0.2) is 17.1 Å². The largest absolute Gasteiger partial charge is 0.330 e. The Morgan fingerprint density at radius 2 is 2.24 bits per heavy atom. The van der Waals surface area contributed by atoms with E-state index in [0.29, 0.717) is 10.7 Å². The Morgan fingerprint density at radius 3 is 2.88 bits per heavy atom. The van der Waals surface area contributed by atoms with Crippen molar-refractivity contribution in [2.45, 2.75) is 26.3 Å².